The van der Waals surface area contributed by atoms with Gasteiger partial charge in [0.1, 0.15) is 0 Å². The minimum atomic E-state index is -0.111. The van der Waals surface area contributed by atoms with E-state index in [1.54, 1.807) is 12.1 Å². The number of rotatable bonds is 4. The van der Waals surface area contributed by atoms with Gasteiger partial charge < -0.3 is 10.2 Å². The quantitative estimate of drug-likeness (QED) is 0.845. The summed E-state index contributed by atoms with van der Waals surface area (Å²) >= 11 is 11.4. The van der Waals surface area contributed by atoms with E-state index in [1.165, 1.54) is 0 Å². The number of hydrogen-bond donors (Lipinski definition) is 1. The highest BCUT2D eigenvalue weighted by Crippen LogP contribution is 2.27. The normalized spacial score (nSPS) is 10.0. The van der Waals surface area contributed by atoms with Gasteiger partial charge in [-0.2, -0.15) is 0 Å². The Morgan fingerprint density at radius 2 is 2.12 bits per heavy atom. The maximum Gasteiger partial charge on any atom is 0.225 e. The number of amides is 1. The van der Waals surface area contributed by atoms with Gasteiger partial charge in [-0.05, 0) is 18.2 Å². The Morgan fingerprint density at radius 3 is 2.69 bits per heavy atom. The number of nitrogens with zero attached hydrogens (tertiary/aromatic N) is 1. The molecule has 0 bridgehead atoms. The molecule has 0 fully saturated rings. The third-order valence-corrected chi connectivity index (χ3v) is 2.46. The molecule has 16 heavy (non-hydrogen) atoms. The lowest BCUT2D eigenvalue weighted by atomic mass is 10.2. The van der Waals surface area contributed by atoms with Gasteiger partial charge >= 0.3 is 0 Å². The second-order valence-electron chi connectivity index (χ2n) is 3.54. The van der Waals surface area contributed by atoms with E-state index in [1.807, 2.05) is 25.1 Å². The molecule has 0 saturated heterocycles. The van der Waals surface area contributed by atoms with Crippen molar-refractivity contribution in [3.8, 4) is 0 Å². The van der Waals surface area contributed by atoms with Crippen molar-refractivity contribution >= 4 is 40.5 Å². The Labute approximate surface area is 105 Å². The largest absolute Gasteiger partial charge is 0.376 e. The number of hydrogen-bond acceptors (Lipinski definition) is 2. The summed E-state index contributed by atoms with van der Waals surface area (Å²) in [6.07, 6.45) is 0.293. The molecule has 1 aromatic rings. The molecule has 0 saturated carbocycles. The first-order valence-corrected chi connectivity index (χ1v) is 5.78. The smallest absolute Gasteiger partial charge is 0.225 e. The minimum Gasteiger partial charge on any atom is -0.376 e. The SMILES string of the molecule is CN(C)c1ccc(Cl)cc1NC(=O)CCCl. The third kappa shape index (κ3) is 3.58. The summed E-state index contributed by atoms with van der Waals surface area (Å²) in [6, 6.07) is 5.37. The average Bonchev–Trinajstić information content (AvgIpc) is 2.17. The summed E-state index contributed by atoms with van der Waals surface area (Å²) in [4.78, 5) is 13.4. The molecular weight excluding hydrogens is 247 g/mol. The van der Waals surface area contributed by atoms with Crippen molar-refractivity contribution in [1.82, 2.24) is 0 Å². The zero-order valence-corrected chi connectivity index (χ0v) is 10.8. The number of halogens is 2. The van der Waals surface area contributed by atoms with Gasteiger partial charge in [-0.1, -0.05) is 11.6 Å². The van der Waals surface area contributed by atoms with Crippen LogP contribution in [0.1, 0.15) is 6.42 Å². The van der Waals surface area contributed by atoms with Gasteiger partial charge in [-0.3, -0.25) is 4.79 Å². The fraction of sp³-hybridized carbons (Fsp3) is 0.364. The molecule has 0 aliphatic carbocycles. The van der Waals surface area contributed by atoms with Crippen molar-refractivity contribution in [2.45, 2.75) is 6.42 Å². The molecule has 0 atom stereocenters. The van der Waals surface area contributed by atoms with E-state index in [0.717, 1.165) is 5.69 Å². The minimum absolute atomic E-state index is 0.111. The second kappa shape index (κ2) is 5.97. The van der Waals surface area contributed by atoms with Crippen molar-refractivity contribution in [1.29, 1.82) is 0 Å². The van der Waals surface area contributed by atoms with Crippen molar-refractivity contribution in [3.63, 3.8) is 0 Å². The van der Waals surface area contributed by atoms with Gasteiger partial charge in [0.25, 0.3) is 0 Å². The molecule has 0 heterocycles. The zero-order chi connectivity index (χ0) is 12.1. The summed E-state index contributed by atoms with van der Waals surface area (Å²) in [6.45, 7) is 0. The second-order valence-corrected chi connectivity index (χ2v) is 4.36. The molecular formula is C11H14Cl2N2O. The molecule has 0 unspecified atom stereocenters. The Kier molecular flexibility index (Phi) is 4.90. The highest BCUT2D eigenvalue weighted by atomic mass is 35.5. The zero-order valence-electron chi connectivity index (χ0n) is 9.26. The van der Waals surface area contributed by atoms with Crippen molar-refractivity contribution in [3.05, 3.63) is 23.2 Å². The van der Waals surface area contributed by atoms with Crippen LogP contribution in [0.5, 0.6) is 0 Å². The first-order chi connectivity index (χ1) is 7.54. The lowest BCUT2D eigenvalue weighted by Crippen LogP contribution is -2.16. The van der Waals surface area contributed by atoms with Crippen LogP contribution in [-0.4, -0.2) is 25.9 Å². The number of alkyl halides is 1. The van der Waals surface area contributed by atoms with Crippen molar-refractivity contribution < 1.29 is 4.79 Å². The van der Waals surface area contributed by atoms with E-state index in [0.29, 0.717) is 23.0 Å². The van der Waals surface area contributed by atoms with E-state index in [9.17, 15) is 4.79 Å². The van der Waals surface area contributed by atoms with Crippen LogP contribution in [0, 0.1) is 0 Å². The summed E-state index contributed by atoms with van der Waals surface area (Å²) in [7, 11) is 3.81. The summed E-state index contributed by atoms with van der Waals surface area (Å²) in [5, 5.41) is 3.37. The van der Waals surface area contributed by atoms with E-state index in [4.69, 9.17) is 23.2 Å². The molecule has 0 aliphatic rings. The van der Waals surface area contributed by atoms with Gasteiger partial charge in [0.05, 0.1) is 11.4 Å². The van der Waals surface area contributed by atoms with Crippen LogP contribution in [-0.2, 0) is 4.79 Å². The molecule has 5 heteroatoms. The van der Waals surface area contributed by atoms with Crippen LogP contribution in [0.4, 0.5) is 11.4 Å². The van der Waals surface area contributed by atoms with Crippen LogP contribution < -0.4 is 10.2 Å². The van der Waals surface area contributed by atoms with Crippen molar-refractivity contribution in [2.75, 3.05) is 30.2 Å². The monoisotopic (exact) mass is 260 g/mol. The number of anilines is 2. The molecule has 0 aliphatic heterocycles. The molecule has 1 amide bonds. The van der Waals surface area contributed by atoms with Gasteiger partial charge in [-0.25, -0.2) is 0 Å². The first-order valence-electron chi connectivity index (χ1n) is 4.87. The maximum absolute atomic E-state index is 11.4. The Morgan fingerprint density at radius 1 is 1.44 bits per heavy atom. The lowest BCUT2D eigenvalue weighted by Gasteiger charge is -2.18. The number of carbonyl (C=O) groups excluding carboxylic acids is 1. The van der Waals surface area contributed by atoms with Crippen LogP contribution in [0.15, 0.2) is 18.2 Å². The predicted molar refractivity (Wildman–Crippen MR) is 69.7 cm³/mol. The molecule has 88 valence electrons. The van der Waals surface area contributed by atoms with E-state index < -0.39 is 0 Å². The van der Waals surface area contributed by atoms with E-state index >= 15 is 0 Å². The molecule has 0 aromatic heterocycles. The molecule has 1 aromatic carbocycles. The standard InChI is InChI=1S/C11H14Cl2N2O/c1-15(2)10-4-3-8(13)7-9(10)14-11(16)5-6-12/h3-4,7H,5-6H2,1-2H3,(H,14,16). The maximum atomic E-state index is 11.4. The van der Waals surface area contributed by atoms with Crippen LogP contribution in [0.25, 0.3) is 0 Å². The first kappa shape index (κ1) is 13.1. The summed E-state index contributed by atoms with van der Waals surface area (Å²) in [5.41, 5.74) is 1.61. The van der Waals surface area contributed by atoms with Gasteiger partial charge in [-0.15, -0.1) is 11.6 Å². The number of benzene rings is 1. The molecule has 0 radical (unpaired) electrons. The number of carbonyl (C=O) groups is 1. The Hall–Kier alpha value is -0.930. The average molecular weight is 261 g/mol. The Balaban J connectivity index is 2.92. The lowest BCUT2D eigenvalue weighted by molar-refractivity contribution is -0.115. The molecule has 1 rings (SSSR count). The van der Waals surface area contributed by atoms with Crippen LogP contribution in [0.2, 0.25) is 5.02 Å². The highest BCUT2D eigenvalue weighted by molar-refractivity contribution is 6.31. The van der Waals surface area contributed by atoms with Gasteiger partial charge in [0, 0.05) is 31.4 Å². The molecule has 3 nitrogen and oxygen atoms in total. The van der Waals surface area contributed by atoms with Gasteiger partial charge in [0.15, 0.2) is 0 Å². The number of nitrogens with one attached hydrogen (secondary N) is 1. The van der Waals surface area contributed by atoms with E-state index in [2.05, 4.69) is 5.32 Å². The van der Waals surface area contributed by atoms with Crippen LogP contribution in [0.3, 0.4) is 0 Å². The topological polar surface area (TPSA) is 32.3 Å². The Bertz CT molecular complexity index is 380. The molecule has 0 spiro atoms. The fourth-order valence-electron chi connectivity index (χ4n) is 1.30. The molecule has 1 N–H and O–H groups in total. The third-order valence-electron chi connectivity index (χ3n) is 2.04. The van der Waals surface area contributed by atoms with E-state index in [-0.39, 0.29) is 5.91 Å². The van der Waals surface area contributed by atoms with Gasteiger partial charge in [0.2, 0.25) is 5.91 Å². The summed E-state index contributed by atoms with van der Waals surface area (Å²) < 4.78 is 0. The highest BCUT2D eigenvalue weighted by Gasteiger charge is 2.08. The fourth-order valence-corrected chi connectivity index (χ4v) is 1.64. The summed E-state index contributed by atoms with van der Waals surface area (Å²) in [5.74, 6) is 0.198. The van der Waals surface area contributed by atoms with Crippen molar-refractivity contribution in [2.24, 2.45) is 0 Å². The van der Waals surface area contributed by atoms with Crippen LogP contribution >= 0.6 is 23.2 Å². The predicted octanol–water partition coefficient (Wildman–Crippen LogP) is 2.97.